The monoisotopic (exact) mass is 409 g/mol. The van der Waals surface area contributed by atoms with Gasteiger partial charge in [-0.2, -0.15) is 0 Å². The number of hydrogen-bond donors (Lipinski definition) is 1. The maximum absolute atomic E-state index is 13.0. The van der Waals surface area contributed by atoms with E-state index in [-0.39, 0.29) is 37.5 Å². The highest BCUT2D eigenvalue weighted by molar-refractivity contribution is 5.93. The third-order valence-electron chi connectivity index (χ3n) is 5.43. The molecule has 0 spiro atoms. The van der Waals surface area contributed by atoms with Crippen molar-refractivity contribution in [3.05, 3.63) is 17.8 Å². The molecule has 2 heterocycles. The van der Waals surface area contributed by atoms with Crippen LogP contribution in [0, 0.1) is 11.8 Å². The third kappa shape index (κ3) is 6.56. The first-order valence-corrected chi connectivity index (χ1v) is 10.7. The Morgan fingerprint density at radius 3 is 2.79 bits per heavy atom. The van der Waals surface area contributed by atoms with E-state index in [9.17, 15) is 9.18 Å². The van der Waals surface area contributed by atoms with Gasteiger partial charge in [0.1, 0.15) is 5.69 Å². The van der Waals surface area contributed by atoms with Gasteiger partial charge in [0.05, 0.1) is 34.3 Å². The van der Waals surface area contributed by atoms with E-state index in [1.54, 1.807) is 6.07 Å². The van der Waals surface area contributed by atoms with Crippen LogP contribution in [0.15, 0.2) is 12.1 Å². The van der Waals surface area contributed by atoms with E-state index in [0.29, 0.717) is 24.1 Å². The van der Waals surface area contributed by atoms with Gasteiger partial charge in [0, 0.05) is 19.7 Å². The first-order valence-electron chi connectivity index (χ1n) is 11.7. The Kier molecular flexibility index (Phi) is 7.09. The summed E-state index contributed by atoms with van der Waals surface area (Å²) in [6.45, 7) is 3.85. The number of alkyl halides is 1. The molecule has 1 atom stereocenters. The lowest BCUT2D eigenvalue weighted by molar-refractivity contribution is 0.0751. The molecule has 162 valence electrons. The number of amides is 1. The molecule has 0 aromatic carbocycles. The maximum atomic E-state index is 13.0. The molecule has 1 aromatic heterocycles. The zero-order valence-corrected chi connectivity index (χ0v) is 17.5. The fourth-order valence-electron chi connectivity index (χ4n) is 3.31. The van der Waals surface area contributed by atoms with Crippen LogP contribution in [0.25, 0.3) is 0 Å². The van der Waals surface area contributed by atoms with E-state index in [1.807, 2.05) is 19.9 Å². The number of ether oxygens (including phenoxy) is 2. The van der Waals surface area contributed by atoms with Gasteiger partial charge in [-0.15, -0.1) is 0 Å². The second-order valence-electron chi connectivity index (χ2n) is 8.25. The Balaban J connectivity index is 1.63. The molecule has 1 aliphatic carbocycles. The first kappa shape index (κ1) is 19.1. The Bertz CT molecular complexity index is 735. The van der Waals surface area contributed by atoms with Gasteiger partial charge in [-0.05, 0) is 56.1 Å². The number of rotatable bonds is 12. The number of nitrogens with zero attached hydrogens (tertiary/aromatic N) is 2. The predicted molar refractivity (Wildman–Crippen MR) is 111 cm³/mol. The second-order valence-corrected chi connectivity index (χ2v) is 8.25. The number of aromatic nitrogens is 1. The van der Waals surface area contributed by atoms with Crippen LogP contribution < -0.4 is 15.0 Å². The van der Waals surface area contributed by atoms with Gasteiger partial charge in [-0.3, -0.25) is 9.18 Å². The number of hydrogen-bond acceptors (Lipinski definition) is 5. The van der Waals surface area contributed by atoms with Gasteiger partial charge in [-0.1, -0.05) is 13.8 Å². The van der Waals surface area contributed by atoms with Gasteiger partial charge in [0.15, 0.2) is 0 Å². The fourth-order valence-corrected chi connectivity index (χ4v) is 3.31. The van der Waals surface area contributed by atoms with Crippen molar-refractivity contribution in [2.24, 2.45) is 11.8 Å². The van der Waals surface area contributed by atoms with Crippen molar-refractivity contribution in [2.45, 2.75) is 52.0 Å². The molecule has 0 radical (unpaired) electrons. The summed E-state index contributed by atoms with van der Waals surface area (Å²) in [5, 5.41) is 2.94. The average molecular weight is 410 g/mol. The summed E-state index contributed by atoms with van der Waals surface area (Å²) in [6, 6.07) is 3.34. The normalized spacial score (nSPS) is 19.1. The van der Waals surface area contributed by atoms with Gasteiger partial charge in [-0.25, -0.2) is 4.98 Å². The molecule has 1 amide bonds. The number of pyridine rings is 1. The number of halogens is 1. The van der Waals surface area contributed by atoms with E-state index < -0.39 is 6.63 Å². The summed E-state index contributed by atoms with van der Waals surface area (Å²) in [6.07, 6.45) is 4.31. The van der Waals surface area contributed by atoms with Crippen molar-refractivity contribution < 1.29 is 21.4 Å². The minimum Gasteiger partial charge on any atom is -0.476 e. The highest BCUT2D eigenvalue weighted by atomic mass is 19.1. The third-order valence-corrected chi connectivity index (χ3v) is 5.43. The van der Waals surface area contributed by atoms with E-state index in [4.69, 9.17) is 12.2 Å². The lowest BCUT2D eigenvalue weighted by Gasteiger charge is -2.23. The largest absolute Gasteiger partial charge is 0.476 e. The molecule has 7 heteroatoms. The molecule has 1 saturated heterocycles. The van der Waals surface area contributed by atoms with Crippen LogP contribution >= 0.6 is 0 Å². The lowest BCUT2D eigenvalue weighted by Crippen LogP contribution is -2.42. The van der Waals surface area contributed by atoms with Crippen LogP contribution in [0.4, 0.5) is 10.1 Å². The Morgan fingerprint density at radius 2 is 2.14 bits per heavy atom. The molecule has 1 aliphatic heterocycles. The molecule has 0 bridgehead atoms. The molecule has 2 fully saturated rings. The van der Waals surface area contributed by atoms with Crippen LogP contribution in [0.1, 0.15) is 59.2 Å². The highest BCUT2D eigenvalue weighted by Crippen LogP contribution is 2.33. The van der Waals surface area contributed by atoms with E-state index in [1.165, 1.54) is 12.8 Å². The molecule has 1 saturated carbocycles. The first-order chi connectivity index (χ1) is 14.7. The van der Waals surface area contributed by atoms with Crippen molar-refractivity contribution in [1.82, 2.24) is 10.3 Å². The Hall–Kier alpha value is -1.89. The van der Waals surface area contributed by atoms with Crippen LogP contribution in [0.3, 0.4) is 0 Å². The fraction of sp³-hybridized carbons (Fsp3) is 0.727. The molecule has 29 heavy (non-hydrogen) atoms. The predicted octanol–water partition coefficient (Wildman–Crippen LogP) is 3.60. The van der Waals surface area contributed by atoms with Crippen molar-refractivity contribution >= 4 is 11.6 Å². The molecule has 1 N–H and O–H groups in total. The average Bonchev–Trinajstić information content (AvgIpc) is 3.38. The van der Waals surface area contributed by atoms with Crippen molar-refractivity contribution in [3.8, 4) is 5.88 Å². The highest BCUT2D eigenvalue weighted by Gasteiger charge is 2.25. The number of carbonyl (C=O) groups excluding carboxylic acids is 1. The molecule has 1 aromatic rings. The summed E-state index contributed by atoms with van der Waals surface area (Å²) >= 11 is 0. The number of nitrogens with one attached hydrogen (secondary N) is 1. The maximum Gasteiger partial charge on any atom is 0.270 e. The zero-order chi connectivity index (χ0) is 22.4. The summed E-state index contributed by atoms with van der Waals surface area (Å²) in [5.74, 6) is 0.876. The summed E-state index contributed by atoms with van der Waals surface area (Å²) in [5.41, 5.74) is 1.23. The topological polar surface area (TPSA) is 63.7 Å². The standard InChI is InChI=1S/C22H34FN3O3/c1-16(2)19(15-28-13-5-10-23)24-21(27)18-8-9-20(26-11-3-4-12-26)22(25-18)29-14-17-6-7-17/h8-9,16-17,19H,3-7,10-15H2,1-2H3,(H,24,27)/i10D2. The Labute approximate surface area is 176 Å². The van der Waals surface area contributed by atoms with Gasteiger partial charge in [0.2, 0.25) is 5.88 Å². The minimum absolute atomic E-state index is 0.0511. The SMILES string of the molecule is [2H]C([2H])(F)CCOCC(NC(=O)c1ccc(N2CCCC2)c(OCC2CC2)n1)C(C)C. The zero-order valence-electron chi connectivity index (χ0n) is 19.5. The van der Waals surface area contributed by atoms with E-state index in [2.05, 4.69) is 15.2 Å². The van der Waals surface area contributed by atoms with E-state index in [0.717, 1.165) is 31.6 Å². The molecule has 1 unspecified atom stereocenters. The quantitative estimate of drug-likeness (QED) is 0.535. The Morgan fingerprint density at radius 1 is 1.38 bits per heavy atom. The van der Waals surface area contributed by atoms with Crippen molar-refractivity contribution in [3.63, 3.8) is 0 Å². The van der Waals surface area contributed by atoms with Crippen LogP contribution in [0.5, 0.6) is 5.88 Å². The van der Waals surface area contributed by atoms with Crippen molar-refractivity contribution in [2.75, 3.05) is 44.4 Å². The number of carbonyl (C=O) groups is 1. The molecule has 2 aliphatic rings. The van der Waals surface area contributed by atoms with Crippen LogP contribution in [-0.4, -0.2) is 56.5 Å². The number of anilines is 1. The minimum atomic E-state index is -2.76. The summed E-state index contributed by atoms with van der Waals surface area (Å²) < 4.78 is 38.2. The smallest absolute Gasteiger partial charge is 0.270 e. The molecule has 6 nitrogen and oxygen atoms in total. The van der Waals surface area contributed by atoms with Crippen LogP contribution in [0.2, 0.25) is 0 Å². The van der Waals surface area contributed by atoms with Gasteiger partial charge < -0.3 is 19.7 Å². The molecular formula is C22H34FN3O3. The van der Waals surface area contributed by atoms with Crippen molar-refractivity contribution in [1.29, 1.82) is 0 Å². The lowest BCUT2D eigenvalue weighted by atomic mass is 10.1. The van der Waals surface area contributed by atoms with Crippen LogP contribution in [-0.2, 0) is 4.74 Å². The van der Waals surface area contributed by atoms with E-state index >= 15 is 0 Å². The summed E-state index contributed by atoms with van der Waals surface area (Å²) in [4.78, 5) is 19.7. The van der Waals surface area contributed by atoms with Gasteiger partial charge in [0.25, 0.3) is 5.91 Å². The second kappa shape index (κ2) is 10.8. The summed E-state index contributed by atoms with van der Waals surface area (Å²) in [7, 11) is 0. The molecular weight excluding hydrogens is 373 g/mol. The van der Waals surface area contributed by atoms with Gasteiger partial charge >= 0.3 is 0 Å². The molecule has 3 rings (SSSR count).